The Morgan fingerprint density at radius 2 is 1.94 bits per heavy atom. The summed E-state index contributed by atoms with van der Waals surface area (Å²) >= 11 is 0. The van der Waals surface area contributed by atoms with Crippen LogP contribution in [0.4, 0.5) is 5.82 Å². The molecular weight excluding hydrogens is 462 g/mol. The van der Waals surface area contributed by atoms with E-state index < -0.39 is 16.2 Å². The summed E-state index contributed by atoms with van der Waals surface area (Å²) in [5, 5.41) is 2.86. The molecule has 7 nitrogen and oxygen atoms in total. The Morgan fingerprint density at radius 3 is 2.57 bits per heavy atom. The van der Waals surface area contributed by atoms with Crippen molar-refractivity contribution < 1.29 is 18.5 Å². The van der Waals surface area contributed by atoms with Gasteiger partial charge in [0.2, 0.25) is 11.8 Å². The summed E-state index contributed by atoms with van der Waals surface area (Å²) in [6.07, 6.45) is 3.09. The summed E-state index contributed by atoms with van der Waals surface area (Å²) < 4.78 is 17.0. The first-order valence-corrected chi connectivity index (χ1v) is 12.9. The second-order valence-electron chi connectivity index (χ2n) is 8.90. The van der Waals surface area contributed by atoms with Crippen LogP contribution in [0.2, 0.25) is 0 Å². The van der Waals surface area contributed by atoms with Crippen molar-refractivity contribution in [3.05, 3.63) is 76.6 Å². The van der Waals surface area contributed by atoms with Crippen LogP contribution in [0.25, 0.3) is 0 Å². The summed E-state index contributed by atoms with van der Waals surface area (Å²) in [5.41, 5.74) is 3.08. The third-order valence-electron chi connectivity index (χ3n) is 6.54. The van der Waals surface area contributed by atoms with Crippen LogP contribution in [0.3, 0.4) is 0 Å². The first-order chi connectivity index (χ1) is 16.7. The number of ether oxygens (including phenoxy) is 1. The van der Waals surface area contributed by atoms with Crippen LogP contribution in [0, 0.1) is 6.92 Å². The summed E-state index contributed by atoms with van der Waals surface area (Å²) in [6.45, 7) is 5.69. The van der Waals surface area contributed by atoms with E-state index in [0.29, 0.717) is 41.5 Å². The van der Waals surface area contributed by atoms with Gasteiger partial charge in [-0.1, -0.05) is 25.1 Å². The summed E-state index contributed by atoms with van der Waals surface area (Å²) in [6, 6.07) is 12.6. The molecule has 0 spiro atoms. The van der Waals surface area contributed by atoms with Crippen molar-refractivity contribution in [3.63, 3.8) is 0 Å². The molecule has 1 N–H and O–H groups in total. The zero-order valence-corrected chi connectivity index (χ0v) is 21.2. The van der Waals surface area contributed by atoms with Crippen molar-refractivity contribution in [1.29, 1.82) is 0 Å². The number of pyridine rings is 2. The molecule has 3 aromatic rings. The number of rotatable bonds is 7. The lowest BCUT2D eigenvalue weighted by Crippen LogP contribution is -2.38. The molecule has 2 aromatic heterocycles. The van der Waals surface area contributed by atoms with Gasteiger partial charge in [0.25, 0.3) is 0 Å². The molecule has 4 rings (SSSR count). The lowest BCUT2D eigenvalue weighted by molar-refractivity contribution is -0.115. The van der Waals surface area contributed by atoms with Gasteiger partial charge >= 0.3 is 0 Å². The average Bonchev–Trinajstić information content (AvgIpc) is 2.86. The van der Waals surface area contributed by atoms with E-state index in [1.165, 1.54) is 0 Å². The Morgan fingerprint density at radius 1 is 1.20 bits per heavy atom. The van der Waals surface area contributed by atoms with Crippen LogP contribution in [-0.4, -0.2) is 38.7 Å². The van der Waals surface area contributed by atoms with Gasteiger partial charge in [-0.2, -0.15) is 0 Å². The number of fused-ring (bicyclic) bond motifs is 1. The summed E-state index contributed by atoms with van der Waals surface area (Å²) in [7, 11) is 0.542. The van der Waals surface area contributed by atoms with E-state index in [4.69, 9.17) is 4.74 Å². The van der Waals surface area contributed by atoms with Crippen LogP contribution in [-0.2, 0) is 33.9 Å². The Bertz CT molecular complexity index is 1290. The number of anilines is 1. The number of hydrogen-bond acceptors (Lipinski definition) is 6. The Balaban J connectivity index is 1.50. The molecule has 2 unspecified atom stereocenters. The van der Waals surface area contributed by atoms with Crippen LogP contribution in [0.15, 0.2) is 53.6 Å². The zero-order valence-electron chi connectivity index (χ0n) is 20.4. The Kier molecular flexibility index (Phi) is 7.12. The maximum atomic E-state index is 13.6. The van der Waals surface area contributed by atoms with E-state index in [9.17, 15) is 13.8 Å². The topological polar surface area (TPSA) is 98.2 Å². The number of nitrogens with zero attached hydrogens (tertiary/aromatic N) is 2. The van der Waals surface area contributed by atoms with E-state index in [0.717, 1.165) is 21.6 Å². The van der Waals surface area contributed by atoms with Crippen LogP contribution >= 0.6 is 0 Å². The zero-order chi connectivity index (χ0) is 25.2. The average molecular weight is 492 g/mol. The number of amides is 1. The second kappa shape index (κ2) is 10.1. The molecule has 0 saturated carbocycles. The maximum absolute atomic E-state index is 13.6. The number of carbonyl (C=O) groups excluding carboxylic acids is 2. The number of ketones is 1. The number of methoxy groups -OCH3 is 1. The van der Waals surface area contributed by atoms with Gasteiger partial charge in [0.05, 0.1) is 35.4 Å². The summed E-state index contributed by atoms with van der Waals surface area (Å²) in [5.74, 6) is 1.32. The van der Waals surface area contributed by atoms with E-state index in [-0.39, 0.29) is 18.1 Å². The summed E-state index contributed by atoms with van der Waals surface area (Å²) in [4.78, 5) is 35.9. The van der Waals surface area contributed by atoms with Crippen LogP contribution in [0.1, 0.15) is 53.0 Å². The van der Waals surface area contributed by atoms with Gasteiger partial charge in [0.15, 0.2) is 5.78 Å². The predicted molar refractivity (Wildman–Crippen MR) is 135 cm³/mol. The van der Waals surface area contributed by atoms with E-state index >= 15 is 0 Å². The van der Waals surface area contributed by atoms with E-state index in [1.54, 1.807) is 37.6 Å². The van der Waals surface area contributed by atoms with Gasteiger partial charge in [-0.15, -0.1) is 0 Å². The van der Waals surface area contributed by atoms with Crippen LogP contribution < -0.4 is 10.1 Å². The number of hydrogen-bond donors (Lipinski definition) is 1. The fourth-order valence-corrected chi connectivity index (χ4v) is 5.23. The third kappa shape index (κ3) is 5.03. The van der Waals surface area contributed by atoms with Crippen molar-refractivity contribution in [2.24, 2.45) is 0 Å². The van der Waals surface area contributed by atoms with Crippen molar-refractivity contribution in [3.8, 4) is 5.88 Å². The molecular formula is C27H29N3O4S. The maximum Gasteiger partial charge on any atom is 0.229 e. The molecule has 0 aliphatic heterocycles. The van der Waals surface area contributed by atoms with Gasteiger partial charge in [-0.05, 0) is 61.6 Å². The molecule has 1 aliphatic rings. The Labute approximate surface area is 207 Å². The first kappa shape index (κ1) is 24.7. The molecule has 1 aromatic carbocycles. The molecule has 8 heteroatoms. The quantitative estimate of drug-likeness (QED) is 0.532. The minimum Gasteiger partial charge on any atom is -0.481 e. The standard InChI is InChI=1S/C27H29N3O4S/c1-5-35(33)20-9-6-18(7-10-20)15-23(31)30-22-14-17(2)25-21(29-22)12-13-27(3,26(25)32)19-8-11-24(34-4)28-16-19/h6-11,14,16H,5,12-13,15H2,1-4H3,(H,29,30,31). The number of aryl methyl sites for hydroxylation is 2. The van der Waals surface area contributed by atoms with Gasteiger partial charge in [-0.25, -0.2) is 9.97 Å². The SMILES string of the molecule is CCS(=O)c1ccc(CC(=O)Nc2cc(C)c3c(n2)CCC(C)(c2ccc(OC)nc2)C3=O)cc1. The minimum atomic E-state index is -1.02. The van der Waals surface area contributed by atoms with Crippen molar-refractivity contribution in [1.82, 2.24) is 9.97 Å². The highest BCUT2D eigenvalue weighted by molar-refractivity contribution is 7.85. The highest BCUT2D eigenvalue weighted by Gasteiger charge is 2.41. The molecule has 0 radical (unpaired) electrons. The van der Waals surface area contributed by atoms with Crippen LogP contribution in [0.5, 0.6) is 5.88 Å². The minimum absolute atomic E-state index is 0.0122. The van der Waals surface area contributed by atoms with Crippen molar-refractivity contribution in [2.75, 3.05) is 18.2 Å². The smallest absolute Gasteiger partial charge is 0.229 e. The highest BCUT2D eigenvalue weighted by atomic mass is 32.2. The monoisotopic (exact) mass is 491 g/mol. The fraction of sp³-hybridized carbons (Fsp3) is 0.333. The molecule has 2 heterocycles. The van der Waals surface area contributed by atoms with Gasteiger partial charge in [0.1, 0.15) is 5.82 Å². The molecule has 1 amide bonds. The lowest BCUT2D eigenvalue weighted by atomic mass is 9.68. The molecule has 35 heavy (non-hydrogen) atoms. The second-order valence-corrected chi connectivity index (χ2v) is 10.6. The normalized spacial score (nSPS) is 18.0. The molecule has 0 fully saturated rings. The molecule has 0 saturated heterocycles. The first-order valence-electron chi connectivity index (χ1n) is 11.6. The van der Waals surface area contributed by atoms with Crippen molar-refractivity contribution in [2.45, 2.75) is 50.3 Å². The number of nitrogens with one attached hydrogen (secondary N) is 1. The molecule has 2 atom stereocenters. The Hall–Kier alpha value is -3.39. The molecule has 1 aliphatic carbocycles. The van der Waals surface area contributed by atoms with E-state index in [2.05, 4.69) is 15.3 Å². The molecule has 0 bridgehead atoms. The number of carbonyl (C=O) groups is 2. The number of benzene rings is 1. The number of aromatic nitrogens is 2. The largest absolute Gasteiger partial charge is 0.481 e. The molecule has 182 valence electrons. The van der Waals surface area contributed by atoms with E-state index in [1.807, 2.05) is 39.0 Å². The fourth-order valence-electron chi connectivity index (χ4n) is 4.45. The number of Topliss-reactive ketones (excluding diaryl/α,β-unsaturated/α-hetero) is 1. The van der Waals surface area contributed by atoms with Crippen molar-refractivity contribution >= 4 is 28.3 Å². The van der Waals surface area contributed by atoms with Gasteiger partial charge in [0, 0.05) is 28.5 Å². The highest BCUT2D eigenvalue weighted by Crippen LogP contribution is 2.39. The van der Waals surface area contributed by atoms with Gasteiger partial charge < -0.3 is 10.1 Å². The lowest BCUT2D eigenvalue weighted by Gasteiger charge is -2.34. The third-order valence-corrected chi connectivity index (χ3v) is 7.87. The predicted octanol–water partition coefficient (Wildman–Crippen LogP) is 4.19. The van der Waals surface area contributed by atoms with Gasteiger partial charge in [-0.3, -0.25) is 13.8 Å².